The molecule has 29 heavy (non-hydrogen) atoms. The molecule has 2 aromatic carbocycles. The van der Waals surface area contributed by atoms with Gasteiger partial charge in [-0.1, -0.05) is 24.3 Å². The van der Waals surface area contributed by atoms with Crippen LogP contribution in [-0.4, -0.2) is 28.1 Å². The monoisotopic (exact) mass is 402 g/mol. The number of aromatic hydroxyl groups is 1. The Kier molecular flexibility index (Phi) is 4.79. The summed E-state index contributed by atoms with van der Waals surface area (Å²) in [4.78, 5) is 18.8. The highest BCUT2D eigenvalue weighted by molar-refractivity contribution is 7.11. The third-order valence-corrected chi connectivity index (χ3v) is 5.88. The van der Waals surface area contributed by atoms with Crippen LogP contribution in [0.3, 0.4) is 0 Å². The van der Waals surface area contributed by atoms with E-state index in [1.807, 2.05) is 30.5 Å². The summed E-state index contributed by atoms with van der Waals surface area (Å²) in [6.07, 6.45) is 0. The van der Waals surface area contributed by atoms with E-state index in [2.05, 4.69) is 11.4 Å². The van der Waals surface area contributed by atoms with Crippen LogP contribution in [0, 0.1) is 11.3 Å². The van der Waals surface area contributed by atoms with Crippen molar-refractivity contribution < 1.29 is 9.90 Å². The molecule has 2 heterocycles. The fourth-order valence-electron chi connectivity index (χ4n) is 3.31. The summed E-state index contributed by atoms with van der Waals surface area (Å²) in [5.74, 6) is 0.144. The molecule has 144 valence electrons. The van der Waals surface area contributed by atoms with Gasteiger partial charge in [0.1, 0.15) is 10.8 Å². The Labute approximate surface area is 172 Å². The average Bonchev–Trinajstić information content (AvgIpc) is 3.21. The van der Waals surface area contributed by atoms with Crippen LogP contribution in [-0.2, 0) is 0 Å². The number of rotatable bonds is 3. The van der Waals surface area contributed by atoms with Gasteiger partial charge in [0.25, 0.3) is 0 Å². The fourth-order valence-corrected chi connectivity index (χ4v) is 4.27. The summed E-state index contributed by atoms with van der Waals surface area (Å²) in [5, 5.41) is 24.6. The number of nitriles is 1. The summed E-state index contributed by atoms with van der Waals surface area (Å²) in [6.45, 7) is 1.90. The minimum atomic E-state index is -0.411. The van der Waals surface area contributed by atoms with Gasteiger partial charge in [0.15, 0.2) is 0 Å². The molecule has 0 fully saturated rings. The van der Waals surface area contributed by atoms with E-state index in [4.69, 9.17) is 10.2 Å². The lowest BCUT2D eigenvalue weighted by molar-refractivity contribution is 0.214. The number of benzene rings is 2. The number of thiazole rings is 1. The first kappa shape index (κ1) is 18.7. The van der Waals surface area contributed by atoms with Crippen LogP contribution in [0.1, 0.15) is 29.1 Å². The molecule has 1 atom stereocenters. The molecule has 6 nitrogen and oxygen atoms in total. The number of carbonyl (C=O) groups excluding carboxylic acids is 1. The molecule has 0 saturated heterocycles. The lowest BCUT2D eigenvalue weighted by atomic mass is 9.95. The van der Waals surface area contributed by atoms with E-state index in [9.17, 15) is 9.90 Å². The standard InChI is InChI=1S/C22H18N4O2S/c1-13-19(20(25-22(28)26(13)2)16-4-3-5-17(27)10-16)21-24-18(12-29-21)15-8-6-14(11-23)7-9-15/h3-10,12,20,27H,1-2H3,(H,25,28). The van der Waals surface area contributed by atoms with Crippen LogP contribution in [0.4, 0.5) is 4.79 Å². The zero-order valence-corrected chi connectivity index (χ0v) is 16.7. The maximum absolute atomic E-state index is 12.4. The van der Waals surface area contributed by atoms with Gasteiger partial charge in [0.05, 0.1) is 23.4 Å². The Balaban J connectivity index is 1.78. The number of hydrogen-bond donors (Lipinski definition) is 2. The molecule has 4 rings (SSSR count). The molecule has 0 bridgehead atoms. The van der Waals surface area contributed by atoms with E-state index in [0.29, 0.717) is 5.56 Å². The van der Waals surface area contributed by atoms with Crippen LogP contribution < -0.4 is 5.32 Å². The minimum absolute atomic E-state index is 0.144. The topological polar surface area (TPSA) is 89.2 Å². The van der Waals surface area contributed by atoms with Gasteiger partial charge in [-0.05, 0) is 36.8 Å². The van der Waals surface area contributed by atoms with Crippen LogP contribution in [0.2, 0.25) is 0 Å². The van der Waals surface area contributed by atoms with E-state index < -0.39 is 6.04 Å². The predicted molar refractivity (Wildman–Crippen MR) is 112 cm³/mol. The maximum Gasteiger partial charge on any atom is 0.322 e. The second kappa shape index (κ2) is 7.41. The number of carbonyl (C=O) groups is 1. The molecular weight excluding hydrogens is 384 g/mol. The number of hydrogen-bond acceptors (Lipinski definition) is 5. The van der Waals surface area contributed by atoms with Crippen LogP contribution in [0.5, 0.6) is 5.75 Å². The Morgan fingerprint density at radius 3 is 2.69 bits per heavy atom. The summed E-state index contributed by atoms with van der Waals surface area (Å²) >= 11 is 1.50. The molecule has 0 saturated carbocycles. The van der Waals surface area contributed by atoms with Gasteiger partial charge in [-0.3, -0.25) is 0 Å². The van der Waals surface area contributed by atoms with Gasteiger partial charge < -0.3 is 15.3 Å². The van der Waals surface area contributed by atoms with Crippen molar-refractivity contribution in [3.63, 3.8) is 0 Å². The number of amides is 2. The number of urea groups is 1. The van der Waals surface area contributed by atoms with Gasteiger partial charge >= 0.3 is 6.03 Å². The first-order valence-corrected chi connectivity index (χ1v) is 9.86. The number of allylic oxidation sites excluding steroid dienone is 1. The molecule has 2 amide bonds. The van der Waals surface area contributed by atoms with Crippen molar-refractivity contribution in [1.29, 1.82) is 5.26 Å². The summed E-state index contributed by atoms with van der Waals surface area (Å²) < 4.78 is 0. The van der Waals surface area contributed by atoms with Gasteiger partial charge in [-0.15, -0.1) is 11.3 Å². The lowest BCUT2D eigenvalue weighted by Gasteiger charge is -2.33. The number of nitrogens with zero attached hydrogens (tertiary/aromatic N) is 3. The molecule has 1 aliphatic heterocycles. The van der Waals surface area contributed by atoms with Crippen molar-refractivity contribution >= 4 is 22.9 Å². The number of aromatic nitrogens is 1. The van der Waals surface area contributed by atoms with Crippen molar-refractivity contribution in [1.82, 2.24) is 15.2 Å². The quantitative estimate of drug-likeness (QED) is 0.674. The number of nitrogens with one attached hydrogen (secondary N) is 1. The Bertz CT molecular complexity index is 1160. The second-order valence-corrected chi connectivity index (χ2v) is 7.62. The molecule has 3 aromatic rings. The molecule has 1 unspecified atom stereocenters. The molecular formula is C22H18N4O2S. The highest BCUT2D eigenvalue weighted by Gasteiger charge is 2.32. The van der Waals surface area contributed by atoms with Crippen LogP contribution in [0.25, 0.3) is 16.8 Å². The molecule has 7 heteroatoms. The third kappa shape index (κ3) is 3.46. The highest BCUT2D eigenvalue weighted by Crippen LogP contribution is 2.39. The SMILES string of the molecule is CC1=C(c2nc(-c3ccc(C#N)cc3)cs2)C(c2cccc(O)c2)NC(=O)N1C. The van der Waals surface area contributed by atoms with E-state index in [-0.39, 0.29) is 11.8 Å². The Morgan fingerprint density at radius 1 is 1.24 bits per heavy atom. The first-order valence-electron chi connectivity index (χ1n) is 8.98. The van der Waals surface area contributed by atoms with Crippen LogP contribution >= 0.6 is 11.3 Å². The van der Waals surface area contributed by atoms with Crippen molar-refractivity contribution in [3.8, 4) is 23.1 Å². The summed E-state index contributed by atoms with van der Waals surface area (Å²) in [5.41, 5.74) is 4.82. The molecule has 0 aliphatic carbocycles. The van der Waals surface area contributed by atoms with Gasteiger partial charge in [-0.25, -0.2) is 9.78 Å². The van der Waals surface area contributed by atoms with Crippen molar-refractivity contribution in [2.45, 2.75) is 13.0 Å². The molecule has 2 N–H and O–H groups in total. The fraction of sp³-hybridized carbons (Fsp3) is 0.136. The van der Waals surface area contributed by atoms with E-state index in [1.54, 1.807) is 42.3 Å². The maximum atomic E-state index is 12.4. The van der Waals surface area contributed by atoms with E-state index >= 15 is 0 Å². The number of phenols is 1. The van der Waals surface area contributed by atoms with Gasteiger partial charge in [-0.2, -0.15) is 5.26 Å². The third-order valence-electron chi connectivity index (χ3n) is 5.00. The zero-order chi connectivity index (χ0) is 20.5. The summed E-state index contributed by atoms with van der Waals surface area (Å²) in [6, 6.07) is 15.7. The number of phenolic OH excluding ortho intramolecular Hbond substituents is 1. The van der Waals surface area contributed by atoms with Gasteiger partial charge in [0.2, 0.25) is 0 Å². The van der Waals surface area contributed by atoms with E-state index in [0.717, 1.165) is 33.1 Å². The first-order chi connectivity index (χ1) is 14.0. The van der Waals surface area contributed by atoms with E-state index in [1.165, 1.54) is 11.3 Å². The predicted octanol–water partition coefficient (Wildman–Crippen LogP) is 4.51. The second-order valence-electron chi connectivity index (χ2n) is 6.76. The van der Waals surface area contributed by atoms with Crippen molar-refractivity contribution in [2.24, 2.45) is 0 Å². The summed E-state index contributed by atoms with van der Waals surface area (Å²) in [7, 11) is 1.72. The molecule has 0 radical (unpaired) electrons. The Morgan fingerprint density at radius 2 is 2.00 bits per heavy atom. The van der Waals surface area contributed by atoms with Gasteiger partial charge in [0, 0.05) is 29.3 Å². The van der Waals surface area contributed by atoms with Crippen LogP contribution in [0.15, 0.2) is 59.6 Å². The normalized spacial score (nSPS) is 16.5. The highest BCUT2D eigenvalue weighted by atomic mass is 32.1. The average molecular weight is 402 g/mol. The zero-order valence-electron chi connectivity index (χ0n) is 15.9. The van der Waals surface area contributed by atoms with Crippen molar-refractivity contribution in [2.75, 3.05) is 7.05 Å². The Hall–Kier alpha value is -3.63. The largest absolute Gasteiger partial charge is 0.508 e. The molecule has 1 aromatic heterocycles. The lowest BCUT2D eigenvalue weighted by Crippen LogP contribution is -2.44. The smallest absolute Gasteiger partial charge is 0.322 e. The molecule has 0 spiro atoms. The van der Waals surface area contributed by atoms with Crippen molar-refractivity contribution in [3.05, 3.63) is 75.7 Å². The minimum Gasteiger partial charge on any atom is -0.508 e. The molecule has 1 aliphatic rings.